The van der Waals surface area contributed by atoms with Crippen molar-refractivity contribution in [3.05, 3.63) is 35.8 Å². The fourth-order valence-corrected chi connectivity index (χ4v) is 2.41. The molecule has 3 nitrogen and oxygen atoms in total. The normalized spacial score (nSPS) is 12.6. The Morgan fingerprint density at radius 3 is 2.79 bits per heavy atom. The Bertz CT molecular complexity index is 575. The van der Waals surface area contributed by atoms with E-state index in [2.05, 4.69) is 18.9 Å². The molecule has 0 radical (unpaired) electrons. The predicted molar refractivity (Wildman–Crippen MR) is 76.3 cm³/mol. The van der Waals surface area contributed by atoms with Crippen LogP contribution in [0, 0.1) is 5.82 Å². The summed E-state index contributed by atoms with van der Waals surface area (Å²) in [6, 6.07) is 6.52. The van der Waals surface area contributed by atoms with Crippen molar-refractivity contribution in [1.82, 2.24) is 9.78 Å². The maximum absolute atomic E-state index is 13.4. The number of anilines is 1. The number of halogens is 1. The molecular formula is C15H20FN3. The van der Waals surface area contributed by atoms with Gasteiger partial charge in [-0.05, 0) is 24.1 Å². The molecule has 102 valence electrons. The van der Waals surface area contributed by atoms with Crippen molar-refractivity contribution in [2.45, 2.75) is 32.6 Å². The van der Waals surface area contributed by atoms with Crippen LogP contribution in [0.1, 0.15) is 38.3 Å². The monoisotopic (exact) mass is 261 g/mol. The first-order valence-corrected chi connectivity index (χ1v) is 6.62. The van der Waals surface area contributed by atoms with Crippen molar-refractivity contribution in [2.24, 2.45) is 7.05 Å². The molecule has 19 heavy (non-hydrogen) atoms. The Balaban J connectivity index is 2.55. The zero-order valence-electron chi connectivity index (χ0n) is 11.7. The van der Waals surface area contributed by atoms with Gasteiger partial charge in [0.05, 0.1) is 5.69 Å². The van der Waals surface area contributed by atoms with E-state index in [4.69, 9.17) is 5.73 Å². The Hall–Kier alpha value is -1.84. The summed E-state index contributed by atoms with van der Waals surface area (Å²) in [5.41, 5.74) is 8.71. The van der Waals surface area contributed by atoms with Gasteiger partial charge in [0.25, 0.3) is 0 Å². The van der Waals surface area contributed by atoms with Crippen LogP contribution in [0.3, 0.4) is 0 Å². The lowest BCUT2D eigenvalue weighted by Gasteiger charge is -2.10. The summed E-state index contributed by atoms with van der Waals surface area (Å²) in [5.74, 6) is 0.644. The highest BCUT2D eigenvalue weighted by Gasteiger charge is 2.20. The first-order chi connectivity index (χ1) is 9.04. The number of aromatic nitrogens is 2. The number of benzene rings is 1. The maximum atomic E-state index is 13.4. The Morgan fingerprint density at radius 1 is 1.42 bits per heavy atom. The third-order valence-corrected chi connectivity index (χ3v) is 3.42. The zero-order valence-corrected chi connectivity index (χ0v) is 11.7. The van der Waals surface area contributed by atoms with Gasteiger partial charge in [0.2, 0.25) is 0 Å². The van der Waals surface area contributed by atoms with E-state index in [1.807, 2.05) is 13.1 Å². The number of rotatable bonds is 4. The predicted octanol–water partition coefficient (Wildman–Crippen LogP) is 3.71. The fourth-order valence-electron chi connectivity index (χ4n) is 2.41. The van der Waals surface area contributed by atoms with Crippen molar-refractivity contribution in [3.8, 4) is 11.1 Å². The minimum atomic E-state index is -0.255. The summed E-state index contributed by atoms with van der Waals surface area (Å²) >= 11 is 0. The summed E-state index contributed by atoms with van der Waals surface area (Å²) in [4.78, 5) is 0. The van der Waals surface area contributed by atoms with Crippen molar-refractivity contribution in [1.29, 1.82) is 0 Å². The second-order valence-electron chi connectivity index (χ2n) is 4.97. The highest BCUT2D eigenvalue weighted by atomic mass is 19.1. The first kappa shape index (κ1) is 13.6. The van der Waals surface area contributed by atoms with Crippen LogP contribution in [-0.4, -0.2) is 9.78 Å². The maximum Gasteiger partial charge on any atom is 0.129 e. The van der Waals surface area contributed by atoms with Crippen LogP contribution in [0.5, 0.6) is 0 Å². The molecule has 4 heteroatoms. The van der Waals surface area contributed by atoms with E-state index < -0.39 is 0 Å². The molecule has 0 saturated heterocycles. The van der Waals surface area contributed by atoms with E-state index >= 15 is 0 Å². The second-order valence-corrected chi connectivity index (χ2v) is 4.97. The van der Waals surface area contributed by atoms with Crippen LogP contribution in [0.2, 0.25) is 0 Å². The number of nitrogen functional groups attached to an aromatic ring is 1. The molecule has 2 rings (SSSR count). The standard InChI is InChI=1S/C15H20FN3/c1-4-6-10(2)14-13(15(17)19(3)18-14)11-7-5-8-12(16)9-11/h5,7-10H,4,6,17H2,1-3H3. The topological polar surface area (TPSA) is 43.8 Å². The molecule has 0 amide bonds. The van der Waals surface area contributed by atoms with Gasteiger partial charge in [-0.25, -0.2) is 4.39 Å². The van der Waals surface area contributed by atoms with E-state index in [1.165, 1.54) is 12.1 Å². The van der Waals surface area contributed by atoms with Gasteiger partial charge in [0, 0.05) is 18.5 Å². The molecular weight excluding hydrogens is 241 g/mol. The van der Waals surface area contributed by atoms with Gasteiger partial charge in [-0.2, -0.15) is 5.10 Å². The number of hydrogen-bond acceptors (Lipinski definition) is 2. The third kappa shape index (κ3) is 2.62. The van der Waals surface area contributed by atoms with Crippen LogP contribution < -0.4 is 5.73 Å². The zero-order chi connectivity index (χ0) is 14.0. The smallest absolute Gasteiger partial charge is 0.129 e. The number of hydrogen-bond donors (Lipinski definition) is 1. The van der Waals surface area contributed by atoms with E-state index in [0.717, 1.165) is 29.7 Å². The van der Waals surface area contributed by atoms with Crippen molar-refractivity contribution >= 4 is 5.82 Å². The molecule has 1 atom stereocenters. The van der Waals surface area contributed by atoms with Crippen LogP contribution in [0.15, 0.2) is 24.3 Å². The molecule has 2 aromatic rings. The molecule has 0 aliphatic heterocycles. The molecule has 2 N–H and O–H groups in total. The quantitative estimate of drug-likeness (QED) is 0.911. The SMILES string of the molecule is CCCC(C)c1nn(C)c(N)c1-c1cccc(F)c1. The van der Waals surface area contributed by atoms with Crippen molar-refractivity contribution in [3.63, 3.8) is 0 Å². The number of aryl methyl sites for hydroxylation is 1. The molecule has 0 aliphatic carbocycles. The lowest BCUT2D eigenvalue weighted by atomic mass is 9.95. The lowest BCUT2D eigenvalue weighted by Crippen LogP contribution is -1.98. The van der Waals surface area contributed by atoms with Crippen LogP contribution in [0.25, 0.3) is 11.1 Å². The van der Waals surface area contributed by atoms with E-state index in [1.54, 1.807) is 10.7 Å². The number of nitrogens with zero attached hydrogens (tertiary/aromatic N) is 2. The molecule has 0 saturated carbocycles. The van der Waals surface area contributed by atoms with E-state index in [-0.39, 0.29) is 5.82 Å². The van der Waals surface area contributed by atoms with Gasteiger partial charge in [-0.1, -0.05) is 32.4 Å². The van der Waals surface area contributed by atoms with Crippen LogP contribution >= 0.6 is 0 Å². The average molecular weight is 261 g/mol. The van der Waals surface area contributed by atoms with E-state index in [0.29, 0.717) is 11.7 Å². The highest BCUT2D eigenvalue weighted by Crippen LogP contribution is 2.35. The molecule has 1 aromatic carbocycles. The third-order valence-electron chi connectivity index (χ3n) is 3.42. The lowest BCUT2D eigenvalue weighted by molar-refractivity contribution is 0.625. The molecule has 0 bridgehead atoms. The molecule has 0 aliphatic rings. The van der Waals surface area contributed by atoms with Crippen molar-refractivity contribution in [2.75, 3.05) is 5.73 Å². The summed E-state index contributed by atoms with van der Waals surface area (Å²) in [6.07, 6.45) is 2.12. The molecule has 1 aromatic heterocycles. The van der Waals surface area contributed by atoms with Crippen LogP contribution in [0.4, 0.5) is 10.2 Å². The Morgan fingerprint density at radius 2 is 2.16 bits per heavy atom. The Kier molecular flexibility index (Phi) is 3.88. The fraction of sp³-hybridized carbons (Fsp3) is 0.400. The first-order valence-electron chi connectivity index (χ1n) is 6.62. The van der Waals surface area contributed by atoms with Gasteiger partial charge in [-0.3, -0.25) is 4.68 Å². The summed E-state index contributed by atoms with van der Waals surface area (Å²) in [5, 5.41) is 4.50. The summed E-state index contributed by atoms with van der Waals surface area (Å²) in [7, 11) is 1.82. The summed E-state index contributed by atoms with van der Waals surface area (Å²) < 4.78 is 15.1. The largest absolute Gasteiger partial charge is 0.383 e. The highest BCUT2D eigenvalue weighted by molar-refractivity contribution is 5.77. The molecule has 1 heterocycles. The summed E-state index contributed by atoms with van der Waals surface area (Å²) in [6.45, 7) is 4.28. The van der Waals surface area contributed by atoms with Gasteiger partial charge in [0.1, 0.15) is 11.6 Å². The van der Waals surface area contributed by atoms with Gasteiger partial charge in [-0.15, -0.1) is 0 Å². The Labute approximate surface area is 113 Å². The number of nitrogens with two attached hydrogens (primary N) is 1. The van der Waals surface area contributed by atoms with E-state index in [9.17, 15) is 4.39 Å². The van der Waals surface area contributed by atoms with Gasteiger partial charge in [0.15, 0.2) is 0 Å². The molecule has 1 unspecified atom stereocenters. The van der Waals surface area contributed by atoms with Crippen LogP contribution in [-0.2, 0) is 7.05 Å². The average Bonchev–Trinajstić information content (AvgIpc) is 2.66. The molecule has 0 fully saturated rings. The molecule has 0 spiro atoms. The van der Waals surface area contributed by atoms with Crippen molar-refractivity contribution < 1.29 is 4.39 Å². The van der Waals surface area contributed by atoms with Gasteiger partial charge >= 0.3 is 0 Å². The minimum absolute atomic E-state index is 0.255. The second kappa shape index (κ2) is 5.43. The van der Waals surface area contributed by atoms with Gasteiger partial charge < -0.3 is 5.73 Å². The minimum Gasteiger partial charge on any atom is -0.383 e.